The number of pyridine rings is 1. The molecule has 6 heteroatoms. The smallest absolute Gasteiger partial charge is 0.165 e. The van der Waals surface area contributed by atoms with E-state index < -0.39 is 0 Å². The van der Waals surface area contributed by atoms with Crippen molar-refractivity contribution < 1.29 is 0 Å². The molecule has 5 aromatic rings. The summed E-state index contributed by atoms with van der Waals surface area (Å²) < 4.78 is 1.66. The third-order valence-corrected chi connectivity index (χ3v) is 5.34. The van der Waals surface area contributed by atoms with Crippen molar-refractivity contribution in [1.82, 2.24) is 19.6 Å². The van der Waals surface area contributed by atoms with Crippen LogP contribution in [-0.2, 0) is 0 Å². The van der Waals surface area contributed by atoms with Crippen LogP contribution in [0.2, 0.25) is 0 Å². The molecule has 0 saturated carbocycles. The van der Waals surface area contributed by atoms with Crippen molar-refractivity contribution in [3.8, 4) is 22.4 Å². The SMILES string of the molecule is C=Cc1cc(-c2cc(N)n3ncc(-c4cnc5ccccc5c4)c3n2)ccc1NCC. The molecule has 0 saturated heterocycles. The van der Waals surface area contributed by atoms with Gasteiger partial charge in [0.2, 0.25) is 0 Å². The average molecular weight is 406 g/mol. The van der Waals surface area contributed by atoms with Gasteiger partial charge in [0.05, 0.1) is 17.4 Å². The number of para-hydroxylation sites is 1. The van der Waals surface area contributed by atoms with Gasteiger partial charge in [0.1, 0.15) is 5.82 Å². The predicted octanol–water partition coefficient (Wildman–Crippen LogP) is 5.27. The van der Waals surface area contributed by atoms with Crippen LogP contribution < -0.4 is 11.1 Å². The highest BCUT2D eigenvalue weighted by Gasteiger charge is 2.14. The van der Waals surface area contributed by atoms with E-state index in [4.69, 9.17) is 10.7 Å². The summed E-state index contributed by atoms with van der Waals surface area (Å²) in [6.07, 6.45) is 5.48. The number of aromatic nitrogens is 4. The molecule has 0 spiro atoms. The minimum Gasteiger partial charge on any atom is -0.385 e. The number of fused-ring (bicyclic) bond motifs is 2. The zero-order valence-corrected chi connectivity index (χ0v) is 17.2. The van der Waals surface area contributed by atoms with Crippen LogP contribution in [0.4, 0.5) is 11.5 Å². The highest BCUT2D eigenvalue weighted by molar-refractivity contribution is 5.87. The third kappa shape index (κ3) is 3.28. The first-order valence-corrected chi connectivity index (χ1v) is 10.2. The number of nitrogens with two attached hydrogens (primary N) is 1. The fourth-order valence-corrected chi connectivity index (χ4v) is 3.80. The zero-order valence-electron chi connectivity index (χ0n) is 17.2. The lowest BCUT2D eigenvalue weighted by Gasteiger charge is -2.11. The van der Waals surface area contributed by atoms with Gasteiger partial charge in [-0.05, 0) is 36.8 Å². The Hall–Kier alpha value is -4.19. The molecule has 6 nitrogen and oxygen atoms in total. The van der Waals surface area contributed by atoms with Crippen molar-refractivity contribution in [2.24, 2.45) is 0 Å². The van der Waals surface area contributed by atoms with Crippen LogP contribution in [0.25, 0.3) is 45.0 Å². The van der Waals surface area contributed by atoms with Gasteiger partial charge in [-0.15, -0.1) is 0 Å². The molecule has 3 heterocycles. The lowest BCUT2D eigenvalue weighted by molar-refractivity contribution is 0.954. The zero-order chi connectivity index (χ0) is 21.4. The van der Waals surface area contributed by atoms with E-state index in [9.17, 15) is 0 Å². The molecule has 5 rings (SSSR count). The number of nitrogens with zero attached hydrogens (tertiary/aromatic N) is 4. The minimum atomic E-state index is 0.524. The fourth-order valence-electron chi connectivity index (χ4n) is 3.80. The van der Waals surface area contributed by atoms with Crippen molar-refractivity contribution in [1.29, 1.82) is 0 Å². The Bertz CT molecular complexity index is 1430. The number of nitrogens with one attached hydrogen (secondary N) is 1. The lowest BCUT2D eigenvalue weighted by Crippen LogP contribution is -2.02. The molecule has 2 aromatic carbocycles. The van der Waals surface area contributed by atoms with Crippen molar-refractivity contribution in [3.05, 3.63) is 79.1 Å². The Kier molecular flexibility index (Phi) is 4.59. The summed E-state index contributed by atoms with van der Waals surface area (Å²) in [6, 6.07) is 18.1. The van der Waals surface area contributed by atoms with Gasteiger partial charge in [-0.2, -0.15) is 9.61 Å². The number of rotatable bonds is 5. The van der Waals surface area contributed by atoms with Crippen molar-refractivity contribution in [2.75, 3.05) is 17.6 Å². The Morgan fingerprint density at radius 1 is 1.06 bits per heavy atom. The van der Waals surface area contributed by atoms with Gasteiger partial charge in [0, 0.05) is 46.6 Å². The maximum absolute atomic E-state index is 6.34. The monoisotopic (exact) mass is 406 g/mol. The fraction of sp³-hybridized carbons (Fsp3) is 0.0800. The van der Waals surface area contributed by atoms with E-state index in [0.29, 0.717) is 11.5 Å². The molecule has 0 radical (unpaired) electrons. The Morgan fingerprint density at radius 3 is 2.77 bits per heavy atom. The van der Waals surface area contributed by atoms with E-state index in [2.05, 4.69) is 41.0 Å². The van der Waals surface area contributed by atoms with Crippen LogP contribution in [0, 0.1) is 0 Å². The number of hydrogen-bond donors (Lipinski definition) is 2. The van der Waals surface area contributed by atoms with Crippen molar-refractivity contribution >= 4 is 34.1 Å². The molecule has 0 atom stereocenters. The highest BCUT2D eigenvalue weighted by Crippen LogP contribution is 2.31. The second-order valence-corrected chi connectivity index (χ2v) is 7.31. The summed E-state index contributed by atoms with van der Waals surface area (Å²) in [4.78, 5) is 9.49. The molecular formula is C25H22N6. The van der Waals surface area contributed by atoms with Gasteiger partial charge in [-0.25, -0.2) is 4.98 Å². The van der Waals surface area contributed by atoms with E-state index in [1.165, 1.54) is 0 Å². The minimum absolute atomic E-state index is 0.524. The summed E-state index contributed by atoms with van der Waals surface area (Å²) >= 11 is 0. The molecule has 3 N–H and O–H groups in total. The largest absolute Gasteiger partial charge is 0.385 e. The van der Waals surface area contributed by atoms with Crippen LogP contribution in [0.15, 0.2) is 73.6 Å². The quantitative estimate of drug-likeness (QED) is 0.416. The molecule has 0 aliphatic carbocycles. The number of nitrogen functional groups attached to an aromatic ring is 1. The van der Waals surface area contributed by atoms with Gasteiger partial charge in [0.25, 0.3) is 0 Å². The molecule has 0 amide bonds. The van der Waals surface area contributed by atoms with E-state index in [1.54, 1.807) is 10.7 Å². The molecule has 0 aliphatic heterocycles. The Morgan fingerprint density at radius 2 is 1.94 bits per heavy atom. The maximum Gasteiger partial charge on any atom is 0.165 e. The topological polar surface area (TPSA) is 81.1 Å². The second-order valence-electron chi connectivity index (χ2n) is 7.31. The molecule has 0 bridgehead atoms. The Labute approximate surface area is 180 Å². The molecule has 0 fully saturated rings. The summed E-state index contributed by atoms with van der Waals surface area (Å²) in [5.74, 6) is 0.524. The normalized spacial score (nSPS) is 11.1. The summed E-state index contributed by atoms with van der Waals surface area (Å²) in [6.45, 7) is 6.85. The molecule has 3 aromatic heterocycles. The molecule has 0 aliphatic rings. The lowest BCUT2D eigenvalue weighted by atomic mass is 10.0. The molecule has 152 valence electrons. The number of hydrogen-bond acceptors (Lipinski definition) is 5. The summed E-state index contributed by atoms with van der Waals surface area (Å²) in [5, 5.41) is 8.87. The molecule has 31 heavy (non-hydrogen) atoms. The second kappa shape index (κ2) is 7.57. The van der Waals surface area contributed by atoms with Crippen LogP contribution in [-0.4, -0.2) is 26.1 Å². The Balaban J connectivity index is 1.66. The van der Waals surface area contributed by atoms with Gasteiger partial charge in [-0.1, -0.05) is 36.9 Å². The van der Waals surface area contributed by atoms with E-state index >= 15 is 0 Å². The highest BCUT2D eigenvalue weighted by atomic mass is 15.3. The summed E-state index contributed by atoms with van der Waals surface area (Å²) in [5.41, 5.74) is 13.6. The van der Waals surface area contributed by atoms with Gasteiger partial charge < -0.3 is 11.1 Å². The van der Waals surface area contributed by atoms with Crippen LogP contribution in [0.5, 0.6) is 0 Å². The third-order valence-electron chi connectivity index (χ3n) is 5.34. The first-order chi connectivity index (χ1) is 15.2. The van der Waals surface area contributed by atoms with Gasteiger partial charge in [-0.3, -0.25) is 4.98 Å². The van der Waals surface area contributed by atoms with E-state index in [1.807, 2.05) is 54.7 Å². The first-order valence-electron chi connectivity index (χ1n) is 10.2. The molecular weight excluding hydrogens is 384 g/mol. The number of anilines is 2. The number of benzene rings is 2. The van der Waals surface area contributed by atoms with Gasteiger partial charge >= 0.3 is 0 Å². The van der Waals surface area contributed by atoms with E-state index in [-0.39, 0.29) is 0 Å². The van der Waals surface area contributed by atoms with Crippen LogP contribution >= 0.6 is 0 Å². The van der Waals surface area contributed by atoms with Crippen molar-refractivity contribution in [3.63, 3.8) is 0 Å². The molecule has 0 unspecified atom stereocenters. The average Bonchev–Trinajstić information content (AvgIpc) is 3.24. The van der Waals surface area contributed by atoms with Gasteiger partial charge in [0.15, 0.2) is 5.65 Å². The summed E-state index contributed by atoms with van der Waals surface area (Å²) in [7, 11) is 0. The standard InChI is InChI=1S/C25H22N6/c1-3-16-11-18(9-10-22(16)27-4-2)23-13-24(26)31-25(30-23)20(15-29-31)19-12-17-7-5-6-8-21(17)28-14-19/h3,5-15,27H,1,4,26H2,2H3. The van der Waals surface area contributed by atoms with Crippen molar-refractivity contribution in [2.45, 2.75) is 6.92 Å². The van der Waals surface area contributed by atoms with Crippen LogP contribution in [0.1, 0.15) is 12.5 Å². The van der Waals surface area contributed by atoms with E-state index in [0.717, 1.165) is 51.1 Å². The predicted molar refractivity (Wildman–Crippen MR) is 128 cm³/mol. The van der Waals surface area contributed by atoms with Crippen LogP contribution in [0.3, 0.4) is 0 Å². The maximum atomic E-state index is 6.34. The first kappa shape index (κ1) is 18.8.